The van der Waals surface area contributed by atoms with Gasteiger partial charge in [0.1, 0.15) is 0 Å². The van der Waals surface area contributed by atoms with Crippen LogP contribution in [0.4, 0.5) is 0 Å². The molecular formula is C21H27NO3. The first-order chi connectivity index (χ1) is 12.0. The molecule has 1 amide bonds. The summed E-state index contributed by atoms with van der Waals surface area (Å²) in [6, 6.07) is 15.3. The Balaban J connectivity index is 2.01. The molecule has 0 spiro atoms. The fourth-order valence-corrected chi connectivity index (χ4v) is 2.51. The van der Waals surface area contributed by atoms with E-state index in [1.165, 1.54) is 0 Å². The summed E-state index contributed by atoms with van der Waals surface area (Å²) in [4.78, 5) is 12.3. The van der Waals surface area contributed by atoms with E-state index >= 15 is 0 Å². The SMILES string of the molecule is CC(C)OCCCNC(=O)c1cccc(-c2cccc([C@@H](C)O)c2)c1. The van der Waals surface area contributed by atoms with Gasteiger partial charge in [-0.3, -0.25) is 4.79 Å². The van der Waals surface area contributed by atoms with Gasteiger partial charge in [0.05, 0.1) is 12.2 Å². The Morgan fingerprint density at radius 3 is 2.44 bits per heavy atom. The highest BCUT2D eigenvalue weighted by molar-refractivity contribution is 5.95. The fourth-order valence-electron chi connectivity index (χ4n) is 2.51. The molecule has 2 N–H and O–H groups in total. The number of hydrogen-bond donors (Lipinski definition) is 2. The molecule has 2 rings (SSSR count). The van der Waals surface area contributed by atoms with Crippen LogP contribution in [0.3, 0.4) is 0 Å². The zero-order valence-corrected chi connectivity index (χ0v) is 15.2. The van der Waals surface area contributed by atoms with Crippen LogP contribution in [-0.2, 0) is 4.74 Å². The molecular weight excluding hydrogens is 314 g/mol. The average Bonchev–Trinajstić information content (AvgIpc) is 2.61. The molecule has 0 aromatic heterocycles. The smallest absolute Gasteiger partial charge is 0.251 e. The minimum atomic E-state index is -0.514. The summed E-state index contributed by atoms with van der Waals surface area (Å²) in [5.41, 5.74) is 3.43. The van der Waals surface area contributed by atoms with E-state index in [2.05, 4.69) is 5.32 Å². The molecule has 25 heavy (non-hydrogen) atoms. The van der Waals surface area contributed by atoms with Crippen LogP contribution in [0.2, 0.25) is 0 Å². The van der Waals surface area contributed by atoms with E-state index < -0.39 is 6.10 Å². The van der Waals surface area contributed by atoms with Crippen molar-refractivity contribution in [3.8, 4) is 11.1 Å². The molecule has 0 unspecified atom stereocenters. The number of aliphatic hydroxyl groups is 1. The van der Waals surface area contributed by atoms with E-state index in [9.17, 15) is 9.90 Å². The minimum absolute atomic E-state index is 0.0851. The summed E-state index contributed by atoms with van der Waals surface area (Å²) in [7, 11) is 0. The van der Waals surface area contributed by atoms with E-state index in [1.807, 2.05) is 62.4 Å². The van der Waals surface area contributed by atoms with Crippen LogP contribution in [0.1, 0.15) is 49.2 Å². The monoisotopic (exact) mass is 341 g/mol. The highest BCUT2D eigenvalue weighted by Crippen LogP contribution is 2.24. The normalized spacial score (nSPS) is 12.2. The number of ether oxygens (including phenoxy) is 1. The first-order valence-corrected chi connectivity index (χ1v) is 8.75. The van der Waals surface area contributed by atoms with Crippen molar-refractivity contribution in [3.05, 3.63) is 59.7 Å². The van der Waals surface area contributed by atoms with Crippen LogP contribution in [0.15, 0.2) is 48.5 Å². The Labute approximate surface area is 149 Å². The molecule has 134 valence electrons. The van der Waals surface area contributed by atoms with Crippen molar-refractivity contribution in [2.45, 2.75) is 39.4 Å². The molecule has 0 radical (unpaired) electrons. The van der Waals surface area contributed by atoms with Gasteiger partial charge in [-0.05, 0) is 62.1 Å². The van der Waals surface area contributed by atoms with Crippen molar-refractivity contribution >= 4 is 5.91 Å². The van der Waals surface area contributed by atoms with E-state index in [4.69, 9.17) is 4.74 Å². The number of rotatable bonds is 8. The van der Waals surface area contributed by atoms with Gasteiger partial charge in [-0.15, -0.1) is 0 Å². The summed E-state index contributed by atoms with van der Waals surface area (Å²) >= 11 is 0. The van der Waals surface area contributed by atoms with Crippen molar-refractivity contribution in [2.75, 3.05) is 13.2 Å². The molecule has 0 saturated carbocycles. The largest absolute Gasteiger partial charge is 0.389 e. The molecule has 0 bridgehead atoms. The van der Waals surface area contributed by atoms with Gasteiger partial charge in [0.15, 0.2) is 0 Å². The van der Waals surface area contributed by atoms with E-state index in [-0.39, 0.29) is 12.0 Å². The highest BCUT2D eigenvalue weighted by Gasteiger charge is 2.08. The van der Waals surface area contributed by atoms with Crippen LogP contribution in [0.5, 0.6) is 0 Å². The predicted octanol–water partition coefficient (Wildman–Crippen LogP) is 3.95. The second-order valence-electron chi connectivity index (χ2n) is 6.41. The molecule has 2 aromatic carbocycles. The summed E-state index contributed by atoms with van der Waals surface area (Å²) < 4.78 is 5.47. The quantitative estimate of drug-likeness (QED) is 0.715. The zero-order valence-electron chi connectivity index (χ0n) is 15.2. The molecule has 2 aromatic rings. The Morgan fingerprint density at radius 1 is 1.08 bits per heavy atom. The molecule has 0 heterocycles. The summed E-state index contributed by atoms with van der Waals surface area (Å²) in [5, 5.41) is 12.7. The van der Waals surface area contributed by atoms with Crippen molar-refractivity contribution in [1.82, 2.24) is 5.32 Å². The van der Waals surface area contributed by atoms with Crippen molar-refractivity contribution in [1.29, 1.82) is 0 Å². The van der Waals surface area contributed by atoms with Gasteiger partial charge in [-0.25, -0.2) is 0 Å². The number of hydrogen-bond acceptors (Lipinski definition) is 3. The average molecular weight is 341 g/mol. The lowest BCUT2D eigenvalue weighted by molar-refractivity contribution is 0.0757. The lowest BCUT2D eigenvalue weighted by Gasteiger charge is -2.10. The van der Waals surface area contributed by atoms with Crippen LogP contribution < -0.4 is 5.32 Å². The molecule has 1 atom stereocenters. The predicted molar refractivity (Wildman–Crippen MR) is 101 cm³/mol. The van der Waals surface area contributed by atoms with Crippen molar-refractivity contribution < 1.29 is 14.6 Å². The molecule has 0 aliphatic rings. The molecule has 4 nitrogen and oxygen atoms in total. The Hall–Kier alpha value is -2.17. The second-order valence-corrected chi connectivity index (χ2v) is 6.41. The Bertz CT molecular complexity index is 695. The van der Waals surface area contributed by atoms with Gasteiger partial charge in [-0.1, -0.05) is 30.3 Å². The molecule has 0 fully saturated rings. The third kappa shape index (κ3) is 6.00. The second kappa shape index (κ2) is 9.35. The Kier molecular flexibility index (Phi) is 7.16. The van der Waals surface area contributed by atoms with Gasteiger partial charge in [-0.2, -0.15) is 0 Å². The number of amides is 1. The van der Waals surface area contributed by atoms with Crippen LogP contribution in [-0.4, -0.2) is 30.3 Å². The number of aliphatic hydroxyl groups excluding tert-OH is 1. The highest BCUT2D eigenvalue weighted by atomic mass is 16.5. The summed E-state index contributed by atoms with van der Waals surface area (Å²) in [6.45, 7) is 6.97. The van der Waals surface area contributed by atoms with E-state index in [0.717, 1.165) is 23.1 Å². The van der Waals surface area contributed by atoms with Gasteiger partial charge in [0.2, 0.25) is 0 Å². The maximum absolute atomic E-state index is 12.3. The Morgan fingerprint density at radius 2 is 1.76 bits per heavy atom. The summed E-state index contributed by atoms with van der Waals surface area (Å²) in [5.74, 6) is -0.0851. The maximum Gasteiger partial charge on any atom is 0.251 e. The standard InChI is InChI=1S/C21H27NO3/c1-15(2)25-12-6-11-22-21(24)20-10-5-9-19(14-20)18-8-4-7-17(13-18)16(3)23/h4-5,7-10,13-16,23H,6,11-12H2,1-3H3,(H,22,24)/t16-/m1/s1. The molecule has 0 aliphatic heterocycles. The first-order valence-electron chi connectivity index (χ1n) is 8.75. The zero-order chi connectivity index (χ0) is 18.2. The number of benzene rings is 2. The first kappa shape index (κ1) is 19.2. The number of nitrogens with one attached hydrogen (secondary N) is 1. The van der Waals surface area contributed by atoms with Gasteiger partial charge in [0.25, 0.3) is 5.91 Å². The van der Waals surface area contributed by atoms with E-state index in [0.29, 0.717) is 18.7 Å². The maximum atomic E-state index is 12.3. The third-order valence-electron chi connectivity index (χ3n) is 3.88. The lowest BCUT2D eigenvalue weighted by atomic mass is 9.99. The van der Waals surface area contributed by atoms with Crippen molar-refractivity contribution in [2.24, 2.45) is 0 Å². The summed E-state index contributed by atoms with van der Waals surface area (Å²) in [6.07, 6.45) is 0.490. The van der Waals surface area contributed by atoms with Gasteiger partial charge in [0, 0.05) is 18.7 Å². The van der Waals surface area contributed by atoms with Crippen molar-refractivity contribution in [3.63, 3.8) is 0 Å². The van der Waals surface area contributed by atoms with Crippen LogP contribution in [0, 0.1) is 0 Å². The van der Waals surface area contributed by atoms with E-state index in [1.54, 1.807) is 6.92 Å². The number of carbonyl (C=O) groups excluding carboxylic acids is 1. The van der Waals surface area contributed by atoms with Crippen LogP contribution in [0.25, 0.3) is 11.1 Å². The fraction of sp³-hybridized carbons (Fsp3) is 0.381. The molecule has 4 heteroatoms. The minimum Gasteiger partial charge on any atom is -0.389 e. The van der Waals surface area contributed by atoms with Gasteiger partial charge >= 0.3 is 0 Å². The molecule has 0 aliphatic carbocycles. The van der Waals surface area contributed by atoms with Crippen LogP contribution >= 0.6 is 0 Å². The molecule has 0 saturated heterocycles. The van der Waals surface area contributed by atoms with Gasteiger partial charge < -0.3 is 15.2 Å². The number of carbonyl (C=O) groups is 1. The topological polar surface area (TPSA) is 58.6 Å². The lowest BCUT2D eigenvalue weighted by Crippen LogP contribution is -2.25. The third-order valence-corrected chi connectivity index (χ3v) is 3.88.